The summed E-state index contributed by atoms with van der Waals surface area (Å²) in [6.45, 7) is 3.57. The Morgan fingerprint density at radius 2 is 1.88 bits per heavy atom. The number of aliphatic carboxylic acids is 2. The quantitative estimate of drug-likeness (QED) is 0.521. The van der Waals surface area contributed by atoms with Gasteiger partial charge in [0.2, 0.25) is 0 Å². The topological polar surface area (TPSA) is 149 Å². The maximum atomic E-state index is 12.4. The average Bonchev–Trinajstić information content (AvgIpc) is 2.69. The van der Waals surface area contributed by atoms with Gasteiger partial charge in [-0.1, -0.05) is 6.07 Å². The van der Waals surface area contributed by atoms with E-state index < -0.39 is 29.9 Å². The molecule has 1 aromatic carbocycles. The lowest BCUT2D eigenvalue weighted by atomic mass is 9.74. The Morgan fingerprint density at radius 3 is 2.53 bits per heavy atom. The molecule has 0 amide bonds. The molecule has 0 saturated heterocycles. The lowest BCUT2D eigenvalue weighted by Crippen LogP contribution is -2.39. The van der Waals surface area contributed by atoms with Gasteiger partial charge in [-0.15, -0.1) is 0 Å². The maximum Gasteiger partial charge on any atom is 0.342 e. The minimum atomic E-state index is -1.000. The minimum absolute atomic E-state index is 0.108. The van der Waals surface area contributed by atoms with E-state index in [1.54, 1.807) is 32.0 Å². The van der Waals surface area contributed by atoms with E-state index in [1.807, 2.05) is 0 Å². The van der Waals surface area contributed by atoms with E-state index in [1.165, 1.54) is 0 Å². The number of aromatic nitrogens is 1. The van der Waals surface area contributed by atoms with Gasteiger partial charge >= 0.3 is 17.9 Å². The maximum absolute atomic E-state index is 12.4. The third-order valence-corrected chi connectivity index (χ3v) is 5.94. The van der Waals surface area contributed by atoms with Crippen LogP contribution in [0.4, 0.5) is 5.69 Å². The van der Waals surface area contributed by atoms with E-state index in [-0.39, 0.29) is 36.6 Å². The number of carboxylic acid groups (broad SMARTS) is 2. The summed E-state index contributed by atoms with van der Waals surface area (Å²) in [5.41, 5.74) is 7.71. The second-order valence-electron chi connectivity index (χ2n) is 8.06. The smallest absolute Gasteiger partial charge is 0.342 e. The Morgan fingerprint density at radius 1 is 1.16 bits per heavy atom. The number of carboxylic acids is 2. The Balaban J connectivity index is 2.03. The summed E-state index contributed by atoms with van der Waals surface area (Å²) in [5, 5.41) is 19.1. The van der Waals surface area contributed by atoms with Gasteiger partial charge in [-0.05, 0) is 51.2 Å². The van der Waals surface area contributed by atoms with Crippen molar-refractivity contribution in [1.29, 1.82) is 0 Å². The van der Waals surface area contributed by atoms with Gasteiger partial charge in [0, 0.05) is 12.3 Å². The number of ether oxygens (including phenoxy) is 2. The Kier molecular flexibility index (Phi) is 7.17. The summed E-state index contributed by atoms with van der Waals surface area (Å²) < 4.78 is 11.4. The van der Waals surface area contributed by atoms with Crippen molar-refractivity contribution in [3.8, 4) is 5.75 Å². The van der Waals surface area contributed by atoms with Gasteiger partial charge < -0.3 is 25.4 Å². The Labute approximate surface area is 185 Å². The number of aryl methyl sites for hydroxylation is 1. The largest absolute Gasteiger partial charge is 0.489 e. The van der Waals surface area contributed by atoms with Crippen LogP contribution >= 0.6 is 0 Å². The van der Waals surface area contributed by atoms with Crippen LogP contribution in [-0.2, 0) is 14.3 Å². The van der Waals surface area contributed by atoms with E-state index in [2.05, 4.69) is 4.98 Å². The number of fused-ring (bicyclic) bond motifs is 1. The van der Waals surface area contributed by atoms with Crippen molar-refractivity contribution in [2.24, 2.45) is 11.8 Å². The molecule has 4 N–H and O–H groups in total. The number of nitrogen functional groups attached to an aromatic ring is 1. The number of carbonyl (C=O) groups is 3. The summed E-state index contributed by atoms with van der Waals surface area (Å²) >= 11 is 0. The van der Waals surface area contributed by atoms with Crippen LogP contribution in [-0.4, -0.2) is 45.8 Å². The molecule has 32 heavy (non-hydrogen) atoms. The Hall–Kier alpha value is -3.36. The zero-order chi connectivity index (χ0) is 23.4. The normalized spacial score (nSPS) is 20.6. The fourth-order valence-electron chi connectivity index (χ4n) is 4.60. The highest BCUT2D eigenvalue weighted by Crippen LogP contribution is 2.40. The van der Waals surface area contributed by atoms with Crippen LogP contribution in [0.3, 0.4) is 0 Å². The first kappa shape index (κ1) is 23.3. The predicted octanol–water partition coefficient (Wildman–Crippen LogP) is 3.42. The van der Waals surface area contributed by atoms with Crippen LogP contribution in [0.1, 0.15) is 55.1 Å². The molecule has 0 aliphatic heterocycles. The van der Waals surface area contributed by atoms with Crippen LogP contribution in [0, 0.1) is 18.8 Å². The standard InChI is InChI=1S/C23H28N2O7/c1-3-31-23(30)20-12(2)25-15-7-5-9-17(21(15)22(20)24)32-16-8-4-6-13(10-18(26)27)14(16)11-19(28)29/h5,7,9,13-14,16H,3-4,6,8,10-11H2,1-2H3,(H2,24,25)(H,26,27)(H,28,29). The van der Waals surface area contributed by atoms with Crippen molar-refractivity contribution >= 4 is 34.5 Å². The molecule has 9 nitrogen and oxygen atoms in total. The number of hydrogen-bond acceptors (Lipinski definition) is 7. The number of benzene rings is 1. The van der Waals surface area contributed by atoms with Gasteiger partial charge in [0.1, 0.15) is 17.4 Å². The van der Waals surface area contributed by atoms with Gasteiger partial charge in [0.25, 0.3) is 0 Å². The van der Waals surface area contributed by atoms with Crippen LogP contribution in [0.15, 0.2) is 18.2 Å². The van der Waals surface area contributed by atoms with Crippen LogP contribution in [0.5, 0.6) is 5.75 Å². The molecule has 3 atom stereocenters. The van der Waals surface area contributed by atoms with Gasteiger partial charge in [0.05, 0.1) is 35.3 Å². The lowest BCUT2D eigenvalue weighted by Gasteiger charge is -2.37. The first-order valence-electron chi connectivity index (χ1n) is 10.7. The minimum Gasteiger partial charge on any atom is -0.489 e. The van der Waals surface area contributed by atoms with Crippen LogP contribution < -0.4 is 10.5 Å². The molecule has 1 aliphatic rings. The highest BCUT2D eigenvalue weighted by Gasteiger charge is 2.37. The van der Waals surface area contributed by atoms with Gasteiger partial charge in [-0.2, -0.15) is 0 Å². The number of rotatable bonds is 8. The Bertz CT molecular complexity index is 1040. The number of nitrogens with zero attached hydrogens (tertiary/aromatic N) is 1. The molecule has 1 fully saturated rings. The zero-order valence-corrected chi connectivity index (χ0v) is 18.2. The summed E-state index contributed by atoms with van der Waals surface area (Å²) in [6.07, 6.45) is 1.16. The molecular weight excluding hydrogens is 416 g/mol. The van der Waals surface area contributed by atoms with Crippen molar-refractivity contribution < 1.29 is 34.1 Å². The molecule has 0 spiro atoms. The summed E-state index contributed by atoms with van der Waals surface area (Å²) in [4.78, 5) is 39.7. The number of esters is 1. The third-order valence-electron chi connectivity index (χ3n) is 5.94. The van der Waals surface area contributed by atoms with Crippen molar-refractivity contribution in [2.75, 3.05) is 12.3 Å². The number of anilines is 1. The van der Waals surface area contributed by atoms with Crippen LogP contribution in [0.2, 0.25) is 0 Å². The van der Waals surface area contributed by atoms with E-state index >= 15 is 0 Å². The van der Waals surface area contributed by atoms with Gasteiger partial charge in [-0.3, -0.25) is 14.6 Å². The third kappa shape index (κ3) is 4.92. The van der Waals surface area contributed by atoms with E-state index in [9.17, 15) is 24.6 Å². The highest BCUT2D eigenvalue weighted by atomic mass is 16.5. The molecule has 0 radical (unpaired) electrons. The van der Waals surface area contributed by atoms with Crippen molar-refractivity contribution in [3.05, 3.63) is 29.5 Å². The first-order valence-corrected chi connectivity index (χ1v) is 10.7. The molecule has 1 heterocycles. The van der Waals surface area contributed by atoms with Gasteiger partial charge in [-0.25, -0.2) is 4.79 Å². The molecule has 1 aromatic heterocycles. The first-order chi connectivity index (χ1) is 15.2. The second-order valence-corrected chi connectivity index (χ2v) is 8.06. The molecule has 9 heteroatoms. The fourth-order valence-corrected chi connectivity index (χ4v) is 4.60. The number of pyridine rings is 1. The van der Waals surface area contributed by atoms with E-state index in [0.29, 0.717) is 35.2 Å². The summed E-state index contributed by atoms with van der Waals surface area (Å²) in [6, 6.07) is 5.20. The zero-order valence-electron chi connectivity index (χ0n) is 18.2. The molecule has 1 aliphatic carbocycles. The van der Waals surface area contributed by atoms with E-state index in [0.717, 1.165) is 6.42 Å². The molecule has 3 unspecified atom stereocenters. The molecule has 2 aromatic rings. The van der Waals surface area contributed by atoms with Crippen molar-refractivity contribution in [3.63, 3.8) is 0 Å². The molecule has 172 valence electrons. The van der Waals surface area contributed by atoms with Gasteiger partial charge in [0.15, 0.2) is 0 Å². The SMILES string of the molecule is CCOC(=O)c1c(C)nc2cccc(OC3CCCC(CC(=O)O)C3CC(=O)O)c2c1N. The predicted molar refractivity (Wildman–Crippen MR) is 117 cm³/mol. The number of nitrogens with two attached hydrogens (primary N) is 1. The average molecular weight is 444 g/mol. The molecule has 1 saturated carbocycles. The number of hydrogen-bond donors (Lipinski definition) is 3. The fraction of sp³-hybridized carbons (Fsp3) is 0.478. The highest BCUT2D eigenvalue weighted by molar-refractivity contribution is 6.07. The van der Waals surface area contributed by atoms with Crippen LogP contribution in [0.25, 0.3) is 10.9 Å². The lowest BCUT2D eigenvalue weighted by molar-refractivity contribution is -0.144. The second kappa shape index (κ2) is 9.84. The molecule has 3 rings (SSSR count). The molecular formula is C23H28N2O7. The van der Waals surface area contributed by atoms with E-state index in [4.69, 9.17) is 15.2 Å². The number of carbonyl (C=O) groups excluding carboxylic acids is 1. The van der Waals surface area contributed by atoms with Crippen molar-refractivity contribution in [2.45, 2.75) is 52.1 Å². The summed E-state index contributed by atoms with van der Waals surface area (Å²) in [5.74, 6) is -2.91. The summed E-state index contributed by atoms with van der Waals surface area (Å²) in [7, 11) is 0. The van der Waals surface area contributed by atoms with Crippen molar-refractivity contribution in [1.82, 2.24) is 4.98 Å². The molecule has 0 bridgehead atoms. The monoisotopic (exact) mass is 444 g/mol.